The van der Waals surface area contributed by atoms with Crippen molar-refractivity contribution in [2.45, 2.75) is 64.2 Å². The molecule has 1 aliphatic heterocycles. The van der Waals surface area contributed by atoms with E-state index in [0.717, 1.165) is 26.1 Å². The van der Waals surface area contributed by atoms with Crippen LogP contribution in [0, 0.1) is 0 Å². The maximum atomic E-state index is 11.1. The number of morpholine rings is 1. The van der Waals surface area contributed by atoms with Crippen molar-refractivity contribution in [2.24, 2.45) is 5.73 Å². The van der Waals surface area contributed by atoms with E-state index in [0.29, 0.717) is 12.8 Å². The average molecular weight is 272 g/mol. The predicted molar refractivity (Wildman–Crippen MR) is 75.1 cm³/mol. The summed E-state index contributed by atoms with van der Waals surface area (Å²) < 4.78 is 5.85. The molecular formula is C14H28N2O3. The Labute approximate surface area is 116 Å². The molecule has 0 saturated carbocycles. The maximum absolute atomic E-state index is 11.1. The summed E-state index contributed by atoms with van der Waals surface area (Å²) in [5.41, 5.74) is 4.69. The van der Waals surface area contributed by atoms with E-state index in [1.54, 1.807) is 0 Å². The minimum Gasteiger partial charge on any atom is -0.480 e. The van der Waals surface area contributed by atoms with Gasteiger partial charge in [0.1, 0.15) is 5.54 Å². The van der Waals surface area contributed by atoms with Crippen molar-refractivity contribution in [1.29, 1.82) is 0 Å². The van der Waals surface area contributed by atoms with E-state index < -0.39 is 11.5 Å². The van der Waals surface area contributed by atoms with Crippen LogP contribution in [0.4, 0.5) is 0 Å². The van der Waals surface area contributed by atoms with Crippen molar-refractivity contribution in [2.75, 3.05) is 19.6 Å². The highest BCUT2D eigenvalue weighted by molar-refractivity contribution is 5.78. The Morgan fingerprint density at radius 1 is 1.58 bits per heavy atom. The third-order valence-electron chi connectivity index (χ3n) is 3.79. The van der Waals surface area contributed by atoms with Crippen LogP contribution in [-0.2, 0) is 9.53 Å². The van der Waals surface area contributed by atoms with Crippen LogP contribution in [0.1, 0.15) is 47.0 Å². The quantitative estimate of drug-likeness (QED) is 0.765. The smallest absolute Gasteiger partial charge is 0.323 e. The van der Waals surface area contributed by atoms with Gasteiger partial charge in [-0.1, -0.05) is 6.92 Å². The molecule has 1 rings (SSSR count). The molecule has 1 fully saturated rings. The van der Waals surface area contributed by atoms with Crippen LogP contribution in [0.3, 0.4) is 0 Å². The molecule has 1 aliphatic rings. The first-order chi connectivity index (χ1) is 8.68. The molecule has 19 heavy (non-hydrogen) atoms. The van der Waals surface area contributed by atoms with Crippen molar-refractivity contribution < 1.29 is 14.6 Å². The molecule has 5 nitrogen and oxygen atoms in total. The second-order valence-electron chi connectivity index (χ2n) is 6.34. The summed E-state index contributed by atoms with van der Waals surface area (Å²) in [6, 6.07) is 0. The van der Waals surface area contributed by atoms with E-state index >= 15 is 0 Å². The fourth-order valence-corrected chi connectivity index (χ4v) is 2.81. The van der Waals surface area contributed by atoms with Crippen LogP contribution < -0.4 is 5.73 Å². The molecule has 2 atom stereocenters. The number of carboxylic acid groups (broad SMARTS) is 1. The number of aliphatic carboxylic acids is 1. The summed E-state index contributed by atoms with van der Waals surface area (Å²) in [6.45, 7) is 10.7. The minimum absolute atomic E-state index is 0.130. The summed E-state index contributed by atoms with van der Waals surface area (Å²) in [5.74, 6) is -0.898. The third-order valence-corrected chi connectivity index (χ3v) is 3.79. The highest BCUT2D eigenvalue weighted by Crippen LogP contribution is 2.22. The second-order valence-corrected chi connectivity index (χ2v) is 6.34. The van der Waals surface area contributed by atoms with Crippen molar-refractivity contribution in [3.63, 3.8) is 0 Å². The van der Waals surface area contributed by atoms with Crippen LogP contribution in [0.2, 0.25) is 0 Å². The van der Waals surface area contributed by atoms with Gasteiger partial charge in [-0.25, -0.2) is 0 Å². The molecule has 0 spiro atoms. The third kappa shape index (κ3) is 4.75. The van der Waals surface area contributed by atoms with Crippen LogP contribution in [0.5, 0.6) is 0 Å². The Hall–Kier alpha value is -0.650. The molecule has 0 radical (unpaired) electrons. The Bertz CT molecular complexity index is 320. The van der Waals surface area contributed by atoms with E-state index in [9.17, 15) is 4.79 Å². The van der Waals surface area contributed by atoms with Gasteiger partial charge < -0.3 is 15.6 Å². The highest BCUT2D eigenvalue weighted by atomic mass is 16.5. The highest BCUT2D eigenvalue weighted by Gasteiger charge is 2.33. The minimum atomic E-state index is -1.08. The van der Waals surface area contributed by atoms with Crippen LogP contribution in [-0.4, -0.2) is 52.9 Å². The van der Waals surface area contributed by atoms with Crippen molar-refractivity contribution in [1.82, 2.24) is 4.90 Å². The molecule has 2 unspecified atom stereocenters. The summed E-state index contributed by atoms with van der Waals surface area (Å²) in [4.78, 5) is 13.5. The van der Waals surface area contributed by atoms with Crippen molar-refractivity contribution >= 4 is 5.97 Å². The lowest BCUT2D eigenvalue weighted by molar-refractivity contribution is -0.144. The monoisotopic (exact) mass is 272 g/mol. The van der Waals surface area contributed by atoms with E-state index in [1.165, 1.54) is 0 Å². The number of hydrogen-bond acceptors (Lipinski definition) is 4. The van der Waals surface area contributed by atoms with Gasteiger partial charge in [-0.15, -0.1) is 0 Å². The lowest BCUT2D eigenvalue weighted by Gasteiger charge is -2.42. The maximum Gasteiger partial charge on any atom is 0.323 e. The molecule has 112 valence electrons. The first-order valence-electron chi connectivity index (χ1n) is 7.11. The average Bonchev–Trinajstić information content (AvgIpc) is 2.25. The molecular weight excluding hydrogens is 244 g/mol. The number of carboxylic acids is 1. The number of ether oxygens (including phenoxy) is 1. The van der Waals surface area contributed by atoms with Gasteiger partial charge in [-0.05, 0) is 46.6 Å². The second kappa shape index (κ2) is 6.20. The number of nitrogens with zero attached hydrogens (tertiary/aromatic N) is 1. The summed E-state index contributed by atoms with van der Waals surface area (Å²) in [5, 5.41) is 9.14. The van der Waals surface area contributed by atoms with E-state index in [4.69, 9.17) is 15.6 Å². The van der Waals surface area contributed by atoms with Gasteiger partial charge in [0, 0.05) is 13.1 Å². The van der Waals surface area contributed by atoms with Gasteiger partial charge in [-0.3, -0.25) is 9.69 Å². The molecule has 0 bridgehead atoms. The Morgan fingerprint density at radius 3 is 2.68 bits per heavy atom. The van der Waals surface area contributed by atoms with E-state index in [2.05, 4.69) is 25.7 Å². The lowest BCUT2D eigenvalue weighted by atomic mass is 9.91. The largest absolute Gasteiger partial charge is 0.480 e. The standard InChI is InChI=1S/C14H28N2O3/c1-5-14(15,12(17)18)7-6-8-16-9-11(2)19-13(3,4)10-16/h11H,5-10,15H2,1-4H3,(H,17,18). The van der Waals surface area contributed by atoms with Crippen LogP contribution in [0.15, 0.2) is 0 Å². The Balaban J connectivity index is 2.42. The summed E-state index contributed by atoms with van der Waals surface area (Å²) in [6.07, 6.45) is 2.01. The zero-order chi connectivity index (χ0) is 14.7. The lowest BCUT2D eigenvalue weighted by Crippen LogP contribution is -2.52. The van der Waals surface area contributed by atoms with Gasteiger partial charge in [0.05, 0.1) is 11.7 Å². The molecule has 0 aromatic rings. The predicted octanol–water partition coefficient (Wildman–Crippen LogP) is 1.46. The van der Waals surface area contributed by atoms with Gasteiger partial charge in [0.15, 0.2) is 0 Å². The summed E-state index contributed by atoms with van der Waals surface area (Å²) in [7, 11) is 0. The number of nitrogens with two attached hydrogens (primary N) is 1. The van der Waals surface area contributed by atoms with Crippen molar-refractivity contribution in [3.8, 4) is 0 Å². The normalized spacial score (nSPS) is 26.9. The fraction of sp³-hybridized carbons (Fsp3) is 0.929. The van der Waals surface area contributed by atoms with Gasteiger partial charge in [-0.2, -0.15) is 0 Å². The zero-order valence-electron chi connectivity index (χ0n) is 12.6. The number of rotatable bonds is 6. The molecule has 0 aromatic carbocycles. The number of carbonyl (C=O) groups is 1. The molecule has 0 amide bonds. The van der Waals surface area contributed by atoms with Crippen LogP contribution in [0.25, 0.3) is 0 Å². The Kier molecular flexibility index (Phi) is 5.35. The Morgan fingerprint density at radius 2 is 2.21 bits per heavy atom. The molecule has 1 heterocycles. The first-order valence-corrected chi connectivity index (χ1v) is 7.11. The fourth-order valence-electron chi connectivity index (χ4n) is 2.81. The van der Waals surface area contributed by atoms with Crippen LogP contribution >= 0.6 is 0 Å². The SMILES string of the molecule is CCC(N)(CCCN1CC(C)OC(C)(C)C1)C(=O)O. The molecule has 0 aromatic heterocycles. The van der Waals surface area contributed by atoms with Gasteiger partial charge in [0.2, 0.25) is 0 Å². The first kappa shape index (κ1) is 16.4. The summed E-state index contributed by atoms with van der Waals surface area (Å²) >= 11 is 0. The topological polar surface area (TPSA) is 75.8 Å². The van der Waals surface area contributed by atoms with Gasteiger partial charge in [0.25, 0.3) is 0 Å². The van der Waals surface area contributed by atoms with Crippen molar-refractivity contribution in [3.05, 3.63) is 0 Å². The molecule has 3 N–H and O–H groups in total. The van der Waals surface area contributed by atoms with E-state index in [1.807, 2.05) is 6.92 Å². The number of hydrogen-bond donors (Lipinski definition) is 2. The molecule has 1 saturated heterocycles. The zero-order valence-corrected chi connectivity index (χ0v) is 12.6. The molecule has 5 heteroatoms. The van der Waals surface area contributed by atoms with E-state index in [-0.39, 0.29) is 11.7 Å². The van der Waals surface area contributed by atoms with Gasteiger partial charge >= 0.3 is 5.97 Å². The molecule has 0 aliphatic carbocycles.